The van der Waals surface area contributed by atoms with Crippen molar-refractivity contribution < 1.29 is 4.79 Å². The summed E-state index contributed by atoms with van der Waals surface area (Å²) in [4.78, 5) is 40.9. The number of nitrogens with two attached hydrogens (primary N) is 1. The summed E-state index contributed by atoms with van der Waals surface area (Å²) in [6.07, 6.45) is 6.55. The first-order valence-electron chi connectivity index (χ1n) is 12.1. The Labute approximate surface area is 205 Å². The van der Waals surface area contributed by atoms with Crippen LogP contribution in [0.1, 0.15) is 36.3 Å². The zero-order valence-electron chi connectivity index (χ0n) is 20.3. The molecule has 3 aromatic rings. The highest BCUT2D eigenvalue weighted by Crippen LogP contribution is 2.34. The number of hydrogen-bond acceptors (Lipinski definition) is 9. The van der Waals surface area contributed by atoms with Gasteiger partial charge in [-0.2, -0.15) is 0 Å². The molecule has 5 rings (SSSR count). The van der Waals surface area contributed by atoms with E-state index < -0.39 is 0 Å². The van der Waals surface area contributed by atoms with Crippen LogP contribution in [0.3, 0.4) is 0 Å². The monoisotopic (exact) mass is 473 g/mol. The van der Waals surface area contributed by atoms with E-state index in [0.717, 1.165) is 68.5 Å². The Morgan fingerprint density at radius 1 is 1.03 bits per heavy atom. The number of piperazine rings is 1. The Morgan fingerprint density at radius 2 is 1.80 bits per heavy atom. The van der Waals surface area contributed by atoms with Crippen LogP contribution in [0.5, 0.6) is 0 Å². The van der Waals surface area contributed by atoms with E-state index in [2.05, 4.69) is 48.7 Å². The average Bonchev–Trinajstić information content (AvgIpc) is 2.88. The summed E-state index contributed by atoms with van der Waals surface area (Å²) in [7, 11) is 0. The third-order valence-corrected chi connectivity index (χ3v) is 6.80. The number of fused-ring (bicyclic) bond motifs is 1. The largest absolute Gasteiger partial charge is 0.370 e. The Kier molecular flexibility index (Phi) is 6.54. The quantitative estimate of drug-likeness (QED) is 0.571. The number of anilines is 2. The smallest absolute Gasteiger partial charge is 0.218 e. The third kappa shape index (κ3) is 5.07. The van der Waals surface area contributed by atoms with Gasteiger partial charge in [0.15, 0.2) is 11.6 Å². The molecule has 1 amide bonds. The molecule has 1 saturated heterocycles. The lowest BCUT2D eigenvalue weighted by molar-refractivity contribution is -0.118. The van der Waals surface area contributed by atoms with Crippen LogP contribution >= 0.6 is 0 Å². The second kappa shape index (κ2) is 9.91. The molecule has 1 atom stereocenters. The lowest BCUT2D eigenvalue weighted by Crippen LogP contribution is -2.47. The summed E-state index contributed by atoms with van der Waals surface area (Å²) in [6.45, 7) is 9.46. The molecule has 0 aliphatic carbocycles. The summed E-state index contributed by atoms with van der Waals surface area (Å²) in [5.41, 5.74) is 9.66. The van der Waals surface area contributed by atoms with Crippen molar-refractivity contribution in [3.8, 4) is 11.6 Å². The van der Waals surface area contributed by atoms with Gasteiger partial charge in [0.2, 0.25) is 5.91 Å². The van der Waals surface area contributed by atoms with Crippen LogP contribution in [-0.4, -0.2) is 75.0 Å². The number of primary amides is 1. The van der Waals surface area contributed by atoms with E-state index in [1.54, 1.807) is 18.5 Å². The van der Waals surface area contributed by atoms with Crippen molar-refractivity contribution in [1.82, 2.24) is 29.8 Å². The summed E-state index contributed by atoms with van der Waals surface area (Å²) >= 11 is 0. The highest BCUT2D eigenvalue weighted by molar-refractivity contribution is 5.73. The van der Waals surface area contributed by atoms with E-state index in [1.807, 2.05) is 13.1 Å². The molecule has 1 unspecified atom stereocenters. The molecule has 35 heavy (non-hydrogen) atoms. The summed E-state index contributed by atoms with van der Waals surface area (Å²) in [5.74, 6) is 1.85. The number of aryl methyl sites for hydroxylation is 1. The fourth-order valence-electron chi connectivity index (χ4n) is 4.86. The molecule has 0 aromatic carbocycles. The normalized spacial score (nSPS) is 18.4. The molecule has 10 nitrogen and oxygen atoms in total. The molecule has 5 heterocycles. The Hall–Kier alpha value is -3.66. The fraction of sp³-hybridized carbons (Fsp3) is 0.440. The van der Waals surface area contributed by atoms with Crippen molar-refractivity contribution in [1.29, 1.82) is 0 Å². The summed E-state index contributed by atoms with van der Waals surface area (Å²) in [5, 5.41) is 0. The minimum absolute atomic E-state index is 0.109. The van der Waals surface area contributed by atoms with Crippen LogP contribution in [0.25, 0.3) is 11.6 Å². The predicted molar refractivity (Wildman–Crippen MR) is 134 cm³/mol. The van der Waals surface area contributed by atoms with Crippen LogP contribution in [0.15, 0.2) is 36.8 Å². The van der Waals surface area contributed by atoms with Gasteiger partial charge in [0.25, 0.3) is 0 Å². The van der Waals surface area contributed by atoms with Crippen molar-refractivity contribution in [3.05, 3.63) is 53.7 Å². The van der Waals surface area contributed by atoms with E-state index >= 15 is 0 Å². The maximum absolute atomic E-state index is 11.1. The van der Waals surface area contributed by atoms with Gasteiger partial charge in [0.1, 0.15) is 5.82 Å². The maximum Gasteiger partial charge on any atom is 0.218 e. The van der Waals surface area contributed by atoms with Crippen molar-refractivity contribution >= 4 is 17.4 Å². The Bertz CT molecular complexity index is 1190. The number of carbonyl (C=O) groups excluding carboxylic acids is 1. The molecular formula is C25H31N9O. The SMILES string of the molecule is Cc1cc(N2CCN(CCC(N)=O)CC2)cc(N2CCc3nc(-c4ncccn4)ncc3C2C)n1. The van der Waals surface area contributed by atoms with Gasteiger partial charge in [-0.25, -0.2) is 24.9 Å². The predicted octanol–water partition coefficient (Wildman–Crippen LogP) is 1.76. The molecule has 0 bridgehead atoms. The lowest BCUT2D eigenvalue weighted by atomic mass is 9.99. The van der Waals surface area contributed by atoms with E-state index in [-0.39, 0.29) is 11.9 Å². The highest BCUT2D eigenvalue weighted by atomic mass is 16.1. The van der Waals surface area contributed by atoms with Crippen molar-refractivity contribution in [2.24, 2.45) is 5.73 Å². The number of aromatic nitrogens is 5. The van der Waals surface area contributed by atoms with Gasteiger partial charge in [0.05, 0.1) is 11.7 Å². The minimum atomic E-state index is -0.242. The standard InChI is InChI=1S/C25H31N9O/c1-17-14-19(33-12-10-32(11-13-33)8-5-22(26)35)15-23(30-17)34-9-4-21-20(18(34)2)16-29-25(31-21)24-27-6-3-7-28-24/h3,6-7,14-16,18H,4-5,8-13H2,1-2H3,(H2,26,35). The molecule has 10 heteroatoms. The van der Waals surface area contributed by atoms with Crippen LogP contribution in [-0.2, 0) is 11.2 Å². The molecule has 2 aliphatic rings. The van der Waals surface area contributed by atoms with Crippen LogP contribution < -0.4 is 15.5 Å². The number of hydrogen-bond donors (Lipinski definition) is 1. The van der Waals surface area contributed by atoms with Gasteiger partial charge in [-0.05, 0) is 26.0 Å². The first kappa shape index (κ1) is 23.1. The summed E-state index contributed by atoms with van der Waals surface area (Å²) < 4.78 is 0. The van der Waals surface area contributed by atoms with Crippen LogP contribution in [0.2, 0.25) is 0 Å². The molecule has 2 N–H and O–H groups in total. The van der Waals surface area contributed by atoms with Crippen LogP contribution in [0.4, 0.5) is 11.5 Å². The zero-order valence-corrected chi connectivity index (χ0v) is 20.3. The number of carbonyl (C=O) groups is 1. The first-order valence-corrected chi connectivity index (χ1v) is 12.1. The Balaban J connectivity index is 1.32. The molecule has 182 valence electrons. The molecule has 1 fully saturated rings. The van der Waals surface area contributed by atoms with Crippen molar-refractivity contribution in [3.63, 3.8) is 0 Å². The molecule has 3 aromatic heterocycles. The molecule has 0 saturated carbocycles. The lowest BCUT2D eigenvalue weighted by Gasteiger charge is -2.38. The molecular weight excluding hydrogens is 442 g/mol. The number of nitrogens with zero attached hydrogens (tertiary/aromatic N) is 8. The average molecular weight is 474 g/mol. The molecule has 2 aliphatic heterocycles. The van der Waals surface area contributed by atoms with Gasteiger partial charge >= 0.3 is 0 Å². The van der Waals surface area contributed by atoms with Gasteiger partial charge < -0.3 is 15.5 Å². The van der Waals surface area contributed by atoms with E-state index in [0.29, 0.717) is 18.1 Å². The summed E-state index contributed by atoms with van der Waals surface area (Å²) in [6, 6.07) is 6.24. The molecule has 0 spiro atoms. The van der Waals surface area contributed by atoms with E-state index in [9.17, 15) is 4.79 Å². The van der Waals surface area contributed by atoms with Crippen molar-refractivity contribution in [2.75, 3.05) is 49.1 Å². The highest BCUT2D eigenvalue weighted by Gasteiger charge is 2.28. The van der Waals surface area contributed by atoms with E-state index in [4.69, 9.17) is 15.7 Å². The van der Waals surface area contributed by atoms with E-state index in [1.165, 1.54) is 5.69 Å². The fourth-order valence-corrected chi connectivity index (χ4v) is 4.86. The maximum atomic E-state index is 11.1. The first-order chi connectivity index (χ1) is 17.0. The minimum Gasteiger partial charge on any atom is -0.370 e. The second-order valence-corrected chi connectivity index (χ2v) is 9.16. The third-order valence-electron chi connectivity index (χ3n) is 6.80. The molecule has 0 radical (unpaired) electrons. The Morgan fingerprint density at radius 3 is 2.54 bits per heavy atom. The van der Waals surface area contributed by atoms with Gasteiger partial charge in [-0.1, -0.05) is 0 Å². The van der Waals surface area contributed by atoms with Gasteiger partial charge in [-0.15, -0.1) is 0 Å². The van der Waals surface area contributed by atoms with Crippen molar-refractivity contribution in [2.45, 2.75) is 32.7 Å². The second-order valence-electron chi connectivity index (χ2n) is 9.16. The number of amides is 1. The van der Waals surface area contributed by atoms with Gasteiger partial charge in [0, 0.05) is 93.7 Å². The van der Waals surface area contributed by atoms with Crippen LogP contribution in [0, 0.1) is 6.92 Å². The zero-order chi connectivity index (χ0) is 24.4. The number of pyridine rings is 1. The van der Waals surface area contributed by atoms with Gasteiger partial charge in [-0.3, -0.25) is 9.69 Å². The number of rotatable bonds is 6. The topological polar surface area (TPSA) is 117 Å².